The van der Waals surface area contributed by atoms with Crippen molar-refractivity contribution in [2.45, 2.75) is 89.3 Å². The lowest BCUT2D eigenvalue weighted by Crippen LogP contribution is -2.49. The lowest BCUT2D eigenvalue weighted by Gasteiger charge is -2.39. The van der Waals surface area contributed by atoms with E-state index >= 15 is 0 Å². The Labute approximate surface area is 259 Å². The van der Waals surface area contributed by atoms with Crippen LogP contribution in [0, 0.1) is 0 Å². The van der Waals surface area contributed by atoms with Gasteiger partial charge in [0.2, 0.25) is 5.60 Å². The smallest absolute Gasteiger partial charge is 0.347 e. The van der Waals surface area contributed by atoms with Crippen LogP contribution in [0.1, 0.15) is 94.1 Å². The SMILES string of the molecule is CCC(C)(Oc1ccc(C2(c3ccc(OC(C)(CC)C(=O)NCC(=O)c4ccc(O)cc4)cc3)CCCCC2)cc1)C(=O)O. The Hall–Kier alpha value is -4.33. The molecule has 3 aromatic rings. The second-order valence-corrected chi connectivity index (χ2v) is 12.0. The van der Waals surface area contributed by atoms with E-state index < -0.39 is 17.2 Å². The van der Waals surface area contributed by atoms with E-state index in [4.69, 9.17) is 9.47 Å². The van der Waals surface area contributed by atoms with Crippen molar-refractivity contribution in [3.8, 4) is 17.2 Å². The first-order valence-electron chi connectivity index (χ1n) is 15.4. The molecular weight excluding hydrogens is 558 g/mol. The van der Waals surface area contributed by atoms with Gasteiger partial charge in [0.05, 0.1) is 6.54 Å². The molecule has 1 fully saturated rings. The molecule has 8 nitrogen and oxygen atoms in total. The van der Waals surface area contributed by atoms with Crippen LogP contribution in [0.3, 0.4) is 0 Å². The van der Waals surface area contributed by atoms with E-state index in [-0.39, 0.29) is 29.4 Å². The third-order valence-corrected chi connectivity index (χ3v) is 9.09. The molecule has 0 aromatic heterocycles. The number of carboxylic acids is 1. The Morgan fingerprint density at radius 1 is 0.750 bits per heavy atom. The van der Waals surface area contributed by atoms with Crippen LogP contribution in [0.4, 0.5) is 0 Å². The minimum Gasteiger partial charge on any atom is -0.508 e. The molecular formula is C36H43NO7. The highest BCUT2D eigenvalue weighted by molar-refractivity contribution is 6.00. The zero-order valence-corrected chi connectivity index (χ0v) is 26.0. The summed E-state index contributed by atoms with van der Waals surface area (Å²) in [6.45, 7) is 6.77. The van der Waals surface area contributed by atoms with Gasteiger partial charge >= 0.3 is 5.97 Å². The topological polar surface area (TPSA) is 122 Å². The third-order valence-electron chi connectivity index (χ3n) is 9.09. The summed E-state index contributed by atoms with van der Waals surface area (Å²) in [5.41, 5.74) is 0.0451. The molecule has 4 rings (SSSR count). The summed E-state index contributed by atoms with van der Waals surface area (Å²) < 4.78 is 12.1. The summed E-state index contributed by atoms with van der Waals surface area (Å²) in [4.78, 5) is 37.4. The number of hydrogen-bond acceptors (Lipinski definition) is 6. The summed E-state index contributed by atoms with van der Waals surface area (Å²) in [5.74, 6) is -0.492. The highest BCUT2D eigenvalue weighted by Crippen LogP contribution is 2.46. The maximum absolute atomic E-state index is 13.1. The minimum atomic E-state index is -1.29. The Bertz CT molecular complexity index is 1440. The summed E-state index contributed by atoms with van der Waals surface area (Å²) in [6, 6.07) is 21.6. The first kappa shape index (κ1) is 32.6. The highest BCUT2D eigenvalue weighted by Gasteiger charge is 2.38. The number of ketones is 1. The monoisotopic (exact) mass is 601 g/mol. The third kappa shape index (κ3) is 7.07. The van der Waals surface area contributed by atoms with Crippen molar-refractivity contribution >= 4 is 17.7 Å². The molecule has 1 amide bonds. The van der Waals surface area contributed by atoms with Crippen LogP contribution in [0.25, 0.3) is 0 Å². The molecule has 1 aliphatic carbocycles. The van der Waals surface area contributed by atoms with E-state index in [0.717, 1.165) is 36.8 Å². The van der Waals surface area contributed by atoms with Crippen molar-refractivity contribution in [3.05, 3.63) is 89.5 Å². The molecule has 1 saturated carbocycles. The number of aromatic hydroxyl groups is 1. The number of carbonyl (C=O) groups excluding carboxylic acids is 2. The van der Waals surface area contributed by atoms with Gasteiger partial charge in [0.25, 0.3) is 5.91 Å². The summed E-state index contributed by atoms with van der Waals surface area (Å²) in [6.07, 6.45) is 6.08. The number of nitrogens with one attached hydrogen (secondary N) is 1. The van der Waals surface area contributed by atoms with E-state index in [9.17, 15) is 24.6 Å². The largest absolute Gasteiger partial charge is 0.508 e. The van der Waals surface area contributed by atoms with Crippen molar-refractivity contribution in [2.75, 3.05) is 6.54 Å². The molecule has 2 atom stereocenters. The maximum atomic E-state index is 13.1. The Morgan fingerprint density at radius 2 is 1.23 bits per heavy atom. The molecule has 0 spiro atoms. The number of rotatable bonds is 13. The Balaban J connectivity index is 1.48. The number of ether oxygens (including phenoxy) is 2. The van der Waals surface area contributed by atoms with E-state index in [0.29, 0.717) is 29.9 Å². The number of Topliss-reactive ketones (excluding diaryl/α,β-unsaturated/α-hetero) is 1. The second-order valence-electron chi connectivity index (χ2n) is 12.0. The van der Waals surface area contributed by atoms with Gasteiger partial charge in [-0.15, -0.1) is 0 Å². The number of amides is 1. The first-order valence-corrected chi connectivity index (χ1v) is 15.4. The molecule has 0 bridgehead atoms. The quantitative estimate of drug-likeness (QED) is 0.184. The van der Waals surface area contributed by atoms with Crippen LogP contribution in [0.5, 0.6) is 17.2 Å². The fourth-order valence-electron chi connectivity index (χ4n) is 5.75. The molecule has 0 saturated heterocycles. The molecule has 8 heteroatoms. The number of hydrogen-bond donors (Lipinski definition) is 3. The van der Waals surface area contributed by atoms with E-state index in [1.54, 1.807) is 20.8 Å². The van der Waals surface area contributed by atoms with Gasteiger partial charge in [-0.2, -0.15) is 0 Å². The van der Waals surface area contributed by atoms with Gasteiger partial charge in [-0.25, -0.2) is 4.79 Å². The lowest BCUT2D eigenvalue weighted by molar-refractivity contribution is -0.154. The van der Waals surface area contributed by atoms with E-state index in [1.165, 1.54) is 30.7 Å². The van der Waals surface area contributed by atoms with Crippen molar-refractivity contribution in [2.24, 2.45) is 0 Å². The molecule has 3 N–H and O–H groups in total. The summed E-state index contributed by atoms with van der Waals surface area (Å²) >= 11 is 0. The standard InChI is InChI=1S/C36H43NO7/c1-5-34(3,32(40)37-24-31(39)25-10-16-28(38)17-11-25)43-29-18-12-26(13-19-29)36(22-8-7-9-23-36)27-14-20-30(21-15-27)44-35(4,6-2)33(41)42/h10-21,38H,5-9,22-24H2,1-4H3,(H,37,40)(H,41,42). The van der Waals surface area contributed by atoms with Gasteiger partial charge in [0.15, 0.2) is 11.4 Å². The van der Waals surface area contributed by atoms with Crippen LogP contribution >= 0.6 is 0 Å². The molecule has 0 heterocycles. The average molecular weight is 602 g/mol. The number of phenolic OH excluding ortho intramolecular Hbond substituents is 1. The van der Waals surface area contributed by atoms with Crippen molar-refractivity contribution < 1.29 is 34.1 Å². The number of aliphatic carboxylic acids is 1. The van der Waals surface area contributed by atoms with Gasteiger partial charge in [-0.3, -0.25) is 9.59 Å². The molecule has 44 heavy (non-hydrogen) atoms. The fourth-order valence-corrected chi connectivity index (χ4v) is 5.75. The van der Waals surface area contributed by atoms with Gasteiger partial charge < -0.3 is 25.0 Å². The van der Waals surface area contributed by atoms with Crippen molar-refractivity contribution in [3.63, 3.8) is 0 Å². The highest BCUT2D eigenvalue weighted by atomic mass is 16.5. The number of phenols is 1. The maximum Gasteiger partial charge on any atom is 0.347 e. The fraction of sp³-hybridized carbons (Fsp3) is 0.417. The first-order chi connectivity index (χ1) is 20.9. The zero-order valence-electron chi connectivity index (χ0n) is 26.0. The molecule has 1 aliphatic rings. The van der Waals surface area contributed by atoms with Gasteiger partial charge in [0.1, 0.15) is 17.2 Å². The zero-order chi connectivity index (χ0) is 32.0. The van der Waals surface area contributed by atoms with E-state index in [1.807, 2.05) is 43.3 Å². The lowest BCUT2D eigenvalue weighted by atomic mass is 9.65. The molecule has 234 valence electrons. The Morgan fingerprint density at radius 3 is 1.68 bits per heavy atom. The number of carboxylic acid groups (broad SMARTS) is 1. The van der Waals surface area contributed by atoms with Gasteiger partial charge in [-0.1, -0.05) is 57.4 Å². The van der Waals surface area contributed by atoms with Crippen LogP contribution in [-0.4, -0.2) is 45.6 Å². The number of benzene rings is 3. The Kier molecular flexibility index (Phi) is 10.0. The van der Waals surface area contributed by atoms with Crippen LogP contribution in [0.2, 0.25) is 0 Å². The molecule has 2 unspecified atom stereocenters. The van der Waals surface area contributed by atoms with Crippen molar-refractivity contribution in [1.82, 2.24) is 5.32 Å². The number of carbonyl (C=O) groups is 3. The molecule has 3 aromatic carbocycles. The molecule has 0 aliphatic heterocycles. The summed E-state index contributed by atoms with van der Waals surface area (Å²) in [5, 5.41) is 21.8. The van der Waals surface area contributed by atoms with Crippen LogP contribution < -0.4 is 14.8 Å². The van der Waals surface area contributed by atoms with E-state index in [2.05, 4.69) is 17.4 Å². The predicted octanol–water partition coefficient (Wildman–Crippen LogP) is 6.82. The second kappa shape index (κ2) is 13.5. The van der Waals surface area contributed by atoms with Gasteiger partial charge in [0, 0.05) is 11.0 Å². The predicted molar refractivity (Wildman–Crippen MR) is 168 cm³/mol. The van der Waals surface area contributed by atoms with Gasteiger partial charge in [-0.05, 0) is 99.2 Å². The normalized spacial score (nSPS) is 17.0. The average Bonchev–Trinajstić information content (AvgIpc) is 3.04. The summed E-state index contributed by atoms with van der Waals surface area (Å²) in [7, 11) is 0. The van der Waals surface area contributed by atoms with Crippen molar-refractivity contribution in [1.29, 1.82) is 0 Å². The molecule has 0 radical (unpaired) electrons. The van der Waals surface area contributed by atoms with Crippen LogP contribution in [0.15, 0.2) is 72.8 Å². The minimum absolute atomic E-state index is 0.0676. The van der Waals surface area contributed by atoms with Crippen LogP contribution in [-0.2, 0) is 15.0 Å².